The Bertz CT molecular complexity index is 2770. The Morgan fingerprint density at radius 2 is 1.27 bits per heavy atom. The van der Waals surface area contributed by atoms with Crippen molar-refractivity contribution < 1.29 is 4.42 Å². The highest BCUT2D eigenvalue weighted by atomic mass is 32.1. The predicted molar refractivity (Wildman–Crippen MR) is 187 cm³/mol. The zero-order chi connectivity index (χ0) is 29.5. The van der Waals surface area contributed by atoms with Gasteiger partial charge in [-0.25, -0.2) is 9.97 Å². The average molecular weight is 594 g/mol. The van der Waals surface area contributed by atoms with Crippen LogP contribution < -0.4 is 0 Å². The lowest BCUT2D eigenvalue weighted by Crippen LogP contribution is -2.00. The summed E-state index contributed by atoms with van der Waals surface area (Å²) in [5, 5.41) is 6.93. The van der Waals surface area contributed by atoms with E-state index in [1.807, 2.05) is 18.2 Å². The Labute approximate surface area is 261 Å². The number of aromatic nitrogens is 3. The maximum atomic E-state index is 6.37. The molecule has 0 aliphatic heterocycles. The summed E-state index contributed by atoms with van der Waals surface area (Å²) in [5.74, 6) is 0.708. The van der Waals surface area contributed by atoms with E-state index in [0.717, 1.165) is 65.7 Å². The molecular formula is C40H23N3OS. The number of thiophene rings is 1. The molecule has 5 heteroatoms. The summed E-state index contributed by atoms with van der Waals surface area (Å²) in [6.45, 7) is 0. The molecule has 0 saturated carbocycles. The van der Waals surface area contributed by atoms with Crippen LogP contribution >= 0.6 is 11.3 Å². The molecule has 45 heavy (non-hydrogen) atoms. The Morgan fingerprint density at radius 3 is 2.18 bits per heavy atom. The van der Waals surface area contributed by atoms with Crippen LogP contribution in [0.3, 0.4) is 0 Å². The first kappa shape index (κ1) is 24.6. The quantitative estimate of drug-likeness (QED) is 0.205. The standard InChI is InChI=1S/C40H23N3OS/c1-2-12-24(13-3-1)38-37-28-17-7-11-21-36(28)45-40(37)42-39(41-38)27-16-5-9-19-32(27)43-31-18-8-4-14-25(31)29-22-30-26-15-6-10-20-34(26)44-35(30)23-33(29)43/h1-23H. The Kier molecular flexibility index (Phi) is 5.12. The van der Waals surface area contributed by atoms with Crippen LogP contribution in [0.5, 0.6) is 0 Å². The molecule has 0 saturated heterocycles. The largest absolute Gasteiger partial charge is 0.456 e. The highest BCUT2D eigenvalue weighted by Crippen LogP contribution is 2.42. The van der Waals surface area contributed by atoms with Crippen molar-refractivity contribution in [2.45, 2.75) is 0 Å². The van der Waals surface area contributed by atoms with Gasteiger partial charge in [0.1, 0.15) is 16.0 Å². The van der Waals surface area contributed by atoms with Gasteiger partial charge < -0.3 is 8.98 Å². The van der Waals surface area contributed by atoms with Crippen LogP contribution in [0.2, 0.25) is 0 Å². The molecule has 4 heterocycles. The zero-order valence-electron chi connectivity index (χ0n) is 23.9. The van der Waals surface area contributed by atoms with Crippen LogP contribution in [0.25, 0.3) is 92.4 Å². The summed E-state index contributed by atoms with van der Waals surface area (Å²) in [6.07, 6.45) is 0. The first-order valence-corrected chi connectivity index (χ1v) is 15.8. The number of hydrogen-bond acceptors (Lipinski definition) is 4. The molecule has 10 aromatic rings. The molecule has 210 valence electrons. The third-order valence-corrected chi connectivity index (χ3v) is 9.91. The summed E-state index contributed by atoms with van der Waals surface area (Å²) >= 11 is 1.72. The van der Waals surface area contributed by atoms with E-state index in [4.69, 9.17) is 14.4 Å². The molecular weight excluding hydrogens is 571 g/mol. The fourth-order valence-electron chi connectivity index (χ4n) is 6.85. The normalized spacial score (nSPS) is 12.0. The SMILES string of the molecule is c1ccc(-c2nc(-c3ccccc3-n3c4ccccc4c4cc5c(cc43)oc3ccccc35)nc3sc4ccccc4c23)cc1. The van der Waals surface area contributed by atoms with Crippen LogP contribution in [-0.2, 0) is 0 Å². The van der Waals surface area contributed by atoms with Crippen LogP contribution in [0.1, 0.15) is 0 Å². The minimum atomic E-state index is 0.708. The van der Waals surface area contributed by atoms with Crippen molar-refractivity contribution >= 4 is 75.4 Å². The Balaban J connectivity index is 1.29. The lowest BCUT2D eigenvalue weighted by molar-refractivity contribution is 0.669. The zero-order valence-corrected chi connectivity index (χ0v) is 24.8. The molecule has 0 unspecified atom stereocenters. The van der Waals surface area contributed by atoms with Gasteiger partial charge in [-0.2, -0.15) is 0 Å². The molecule has 0 atom stereocenters. The summed E-state index contributed by atoms with van der Waals surface area (Å²) in [5.41, 5.74) is 8.02. The second kappa shape index (κ2) is 9.36. The molecule has 0 N–H and O–H groups in total. The third kappa shape index (κ3) is 3.59. The summed E-state index contributed by atoms with van der Waals surface area (Å²) in [4.78, 5) is 11.6. The molecule has 0 radical (unpaired) electrons. The topological polar surface area (TPSA) is 43.9 Å². The van der Waals surface area contributed by atoms with Crippen molar-refractivity contribution in [1.82, 2.24) is 14.5 Å². The second-order valence-electron chi connectivity index (χ2n) is 11.4. The van der Waals surface area contributed by atoms with Gasteiger partial charge in [-0.3, -0.25) is 0 Å². The van der Waals surface area contributed by atoms with E-state index in [1.54, 1.807) is 11.3 Å². The highest BCUT2D eigenvalue weighted by Gasteiger charge is 2.21. The number of furan rings is 1. The lowest BCUT2D eigenvalue weighted by atomic mass is 10.1. The molecule has 0 fully saturated rings. The van der Waals surface area contributed by atoms with E-state index < -0.39 is 0 Å². The summed E-state index contributed by atoms with van der Waals surface area (Å²) in [6, 6.07) is 48.8. The number of rotatable bonds is 3. The van der Waals surface area contributed by atoms with Crippen molar-refractivity contribution in [2.24, 2.45) is 0 Å². The monoisotopic (exact) mass is 593 g/mol. The van der Waals surface area contributed by atoms with Gasteiger partial charge >= 0.3 is 0 Å². The van der Waals surface area contributed by atoms with Gasteiger partial charge in [-0.05, 0) is 36.4 Å². The van der Waals surface area contributed by atoms with Crippen molar-refractivity contribution in [3.05, 3.63) is 140 Å². The van der Waals surface area contributed by atoms with Crippen molar-refractivity contribution in [3.8, 4) is 28.3 Å². The second-order valence-corrected chi connectivity index (χ2v) is 12.4. The molecule has 10 rings (SSSR count). The first-order valence-electron chi connectivity index (χ1n) is 15.0. The highest BCUT2D eigenvalue weighted by molar-refractivity contribution is 7.25. The molecule has 6 aromatic carbocycles. The molecule has 0 spiro atoms. The smallest absolute Gasteiger partial charge is 0.163 e. The van der Waals surface area contributed by atoms with Gasteiger partial charge in [0.2, 0.25) is 0 Å². The fraction of sp³-hybridized carbons (Fsp3) is 0. The molecule has 0 aliphatic carbocycles. The average Bonchev–Trinajstić information content (AvgIpc) is 3.76. The van der Waals surface area contributed by atoms with E-state index >= 15 is 0 Å². The van der Waals surface area contributed by atoms with Gasteiger partial charge in [0, 0.05) is 54.2 Å². The van der Waals surface area contributed by atoms with Gasteiger partial charge in [-0.15, -0.1) is 11.3 Å². The van der Waals surface area contributed by atoms with Gasteiger partial charge in [-0.1, -0.05) is 97.1 Å². The predicted octanol–water partition coefficient (Wildman–Crippen LogP) is 11.2. The molecule has 0 aliphatic rings. The van der Waals surface area contributed by atoms with E-state index in [2.05, 4.69) is 126 Å². The third-order valence-electron chi connectivity index (χ3n) is 8.84. The summed E-state index contributed by atoms with van der Waals surface area (Å²) in [7, 11) is 0. The fourth-order valence-corrected chi connectivity index (χ4v) is 7.93. The number of fused-ring (bicyclic) bond motifs is 9. The van der Waals surface area contributed by atoms with Gasteiger partial charge in [0.15, 0.2) is 5.82 Å². The van der Waals surface area contributed by atoms with Crippen LogP contribution in [0, 0.1) is 0 Å². The number of para-hydroxylation sites is 3. The maximum absolute atomic E-state index is 6.37. The van der Waals surface area contributed by atoms with Crippen LogP contribution in [0.15, 0.2) is 144 Å². The summed E-state index contributed by atoms with van der Waals surface area (Å²) < 4.78 is 9.92. The molecule has 4 aromatic heterocycles. The number of nitrogens with zero attached hydrogens (tertiary/aromatic N) is 3. The molecule has 4 nitrogen and oxygen atoms in total. The maximum Gasteiger partial charge on any atom is 0.163 e. The number of hydrogen-bond donors (Lipinski definition) is 0. The van der Waals surface area contributed by atoms with Crippen molar-refractivity contribution in [1.29, 1.82) is 0 Å². The van der Waals surface area contributed by atoms with E-state index in [1.165, 1.54) is 20.9 Å². The lowest BCUT2D eigenvalue weighted by Gasteiger charge is -2.14. The Hall–Kier alpha value is -5.78. The first-order chi connectivity index (χ1) is 22.3. The molecule has 0 amide bonds. The van der Waals surface area contributed by atoms with E-state index in [0.29, 0.717) is 5.82 Å². The van der Waals surface area contributed by atoms with Crippen LogP contribution in [0.4, 0.5) is 0 Å². The minimum Gasteiger partial charge on any atom is -0.456 e. The van der Waals surface area contributed by atoms with Crippen LogP contribution in [-0.4, -0.2) is 14.5 Å². The van der Waals surface area contributed by atoms with Crippen molar-refractivity contribution in [2.75, 3.05) is 0 Å². The van der Waals surface area contributed by atoms with Gasteiger partial charge in [0.05, 0.1) is 22.4 Å². The van der Waals surface area contributed by atoms with E-state index in [-0.39, 0.29) is 0 Å². The number of benzene rings is 6. The Morgan fingerprint density at radius 1 is 0.533 bits per heavy atom. The van der Waals surface area contributed by atoms with E-state index in [9.17, 15) is 0 Å². The van der Waals surface area contributed by atoms with Crippen molar-refractivity contribution in [3.63, 3.8) is 0 Å². The van der Waals surface area contributed by atoms with Gasteiger partial charge in [0.25, 0.3) is 0 Å². The molecule has 0 bridgehead atoms. The minimum absolute atomic E-state index is 0.708.